The van der Waals surface area contributed by atoms with E-state index in [2.05, 4.69) is 245 Å². The van der Waals surface area contributed by atoms with E-state index in [1.807, 2.05) is 0 Å². The Morgan fingerprint density at radius 1 is 0.359 bits per heavy atom. The first-order valence-electron chi connectivity index (χ1n) is 22.7. The second-order valence-electron chi connectivity index (χ2n) is 19.2. The van der Waals surface area contributed by atoms with Crippen molar-refractivity contribution in [2.45, 2.75) is 52.4 Å². The molecule has 0 amide bonds. The van der Waals surface area contributed by atoms with Crippen molar-refractivity contribution in [3.8, 4) is 50.2 Å². The molecule has 0 saturated heterocycles. The third-order valence-electron chi connectivity index (χ3n) is 14.5. The van der Waals surface area contributed by atoms with Crippen LogP contribution in [-0.2, 0) is 10.8 Å². The fourth-order valence-electron chi connectivity index (χ4n) is 11.1. The lowest BCUT2D eigenvalue weighted by atomic mass is 9.81. The molecule has 10 aromatic rings. The smallest absolute Gasteiger partial charge is 0.0547 e. The highest BCUT2D eigenvalue weighted by molar-refractivity contribution is 6.16. The topological polar surface area (TPSA) is 8.17 Å². The van der Waals surface area contributed by atoms with Crippen molar-refractivity contribution in [1.82, 2.24) is 4.57 Å². The van der Waals surface area contributed by atoms with Crippen molar-refractivity contribution in [1.29, 1.82) is 0 Å². The van der Waals surface area contributed by atoms with E-state index in [0.717, 1.165) is 17.1 Å². The molecule has 0 spiro atoms. The van der Waals surface area contributed by atoms with E-state index in [1.54, 1.807) is 0 Å². The van der Waals surface area contributed by atoms with Crippen molar-refractivity contribution in [3.05, 3.63) is 228 Å². The van der Waals surface area contributed by atoms with Crippen LogP contribution in [0.15, 0.2) is 194 Å². The largest absolute Gasteiger partial charge is 0.311 e. The van der Waals surface area contributed by atoms with Crippen LogP contribution in [0.25, 0.3) is 72.0 Å². The fourth-order valence-corrected chi connectivity index (χ4v) is 11.1. The monoisotopic (exact) mass is 822 g/mol. The summed E-state index contributed by atoms with van der Waals surface area (Å²) in [4.78, 5) is 2.37. The van der Waals surface area contributed by atoms with Gasteiger partial charge in [0, 0.05) is 44.4 Å². The number of benzene rings is 9. The normalized spacial score (nSPS) is 14.0. The van der Waals surface area contributed by atoms with E-state index in [4.69, 9.17) is 0 Å². The lowest BCUT2D eigenvalue weighted by molar-refractivity contribution is 0.660. The van der Waals surface area contributed by atoms with Gasteiger partial charge in [0.15, 0.2) is 0 Å². The number of aromatic nitrogens is 1. The summed E-state index contributed by atoms with van der Waals surface area (Å²) in [5.41, 5.74) is 25.3. The second-order valence-corrected chi connectivity index (χ2v) is 19.2. The first kappa shape index (κ1) is 38.3. The molecule has 0 bridgehead atoms. The van der Waals surface area contributed by atoms with Gasteiger partial charge < -0.3 is 9.47 Å². The molecule has 2 nitrogen and oxygen atoms in total. The highest BCUT2D eigenvalue weighted by Gasteiger charge is 2.37. The fraction of sp³-hybridized carbons (Fsp3) is 0.129. The lowest BCUT2D eigenvalue weighted by Crippen LogP contribution is -2.15. The zero-order valence-electron chi connectivity index (χ0n) is 37.4. The Bertz CT molecular complexity index is 3490. The van der Waals surface area contributed by atoms with Gasteiger partial charge in [0.1, 0.15) is 0 Å². The average molecular weight is 823 g/mol. The maximum Gasteiger partial charge on any atom is 0.0547 e. The standard InChI is InChI=1S/C62H50N2/c1-39-18-26-44(27-19-39)63(45-28-21-41(22-29-45)43-25-34-51-50-33-20-40(2)36-55(50)62(5,6)56(51)37-43)46-30-23-42(24-31-46)48-14-11-17-59-60(48)53-13-8-10-16-58(53)64(59)47-32-35-52-49-12-7-9-15-54(49)61(3,4)57(52)38-47/h7-38H,1-6H3. The molecule has 64 heavy (non-hydrogen) atoms. The summed E-state index contributed by atoms with van der Waals surface area (Å²) in [6.07, 6.45) is 0. The summed E-state index contributed by atoms with van der Waals surface area (Å²) < 4.78 is 2.47. The number of hydrogen-bond acceptors (Lipinski definition) is 1. The molecule has 1 aromatic heterocycles. The summed E-state index contributed by atoms with van der Waals surface area (Å²) in [5, 5.41) is 2.53. The molecule has 0 radical (unpaired) electrons. The van der Waals surface area contributed by atoms with Gasteiger partial charge in [0.2, 0.25) is 0 Å². The van der Waals surface area contributed by atoms with Gasteiger partial charge in [-0.05, 0) is 147 Å². The van der Waals surface area contributed by atoms with Gasteiger partial charge in [-0.1, -0.05) is 166 Å². The molecule has 0 atom stereocenters. The highest BCUT2D eigenvalue weighted by Crippen LogP contribution is 2.51. The van der Waals surface area contributed by atoms with Crippen LogP contribution >= 0.6 is 0 Å². The second kappa shape index (κ2) is 14.0. The van der Waals surface area contributed by atoms with Gasteiger partial charge in [-0.2, -0.15) is 0 Å². The summed E-state index contributed by atoms with van der Waals surface area (Å²) in [6.45, 7) is 13.8. The van der Waals surface area contributed by atoms with E-state index in [-0.39, 0.29) is 10.8 Å². The first-order valence-corrected chi connectivity index (χ1v) is 22.7. The molecule has 0 N–H and O–H groups in total. The SMILES string of the molecule is Cc1ccc(N(c2ccc(-c3ccc4c(c3)C(C)(C)c3cc(C)ccc3-4)cc2)c2ccc(-c3cccc4c3c3ccccc3n4-c3ccc4c(c3)C(C)(C)c3ccccc3-4)cc2)cc1. The van der Waals surface area contributed by atoms with Gasteiger partial charge >= 0.3 is 0 Å². The van der Waals surface area contributed by atoms with Crippen LogP contribution in [0.5, 0.6) is 0 Å². The van der Waals surface area contributed by atoms with Crippen LogP contribution < -0.4 is 4.90 Å². The Hall–Kier alpha value is -7.42. The van der Waals surface area contributed by atoms with Crippen LogP contribution in [0, 0.1) is 13.8 Å². The van der Waals surface area contributed by atoms with Crippen LogP contribution in [-0.4, -0.2) is 4.57 Å². The molecule has 2 aliphatic carbocycles. The number of anilines is 3. The van der Waals surface area contributed by atoms with Gasteiger partial charge in [-0.25, -0.2) is 0 Å². The van der Waals surface area contributed by atoms with Crippen LogP contribution in [0.4, 0.5) is 17.1 Å². The minimum absolute atomic E-state index is 0.0449. The van der Waals surface area contributed by atoms with Gasteiger partial charge in [0.05, 0.1) is 11.0 Å². The van der Waals surface area contributed by atoms with Gasteiger partial charge in [-0.3, -0.25) is 0 Å². The summed E-state index contributed by atoms with van der Waals surface area (Å²) in [7, 11) is 0. The van der Waals surface area contributed by atoms with Crippen molar-refractivity contribution in [2.75, 3.05) is 4.90 Å². The Morgan fingerprint density at radius 3 is 1.59 bits per heavy atom. The van der Waals surface area contributed by atoms with Gasteiger partial charge in [-0.15, -0.1) is 0 Å². The summed E-state index contributed by atoms with van der Waals surface area (Å²) >= 11 is 0. The molecule has 0 fully saturated rings. The minimum Gasteiger partial charge on any atom is -0.311 e. The molecule has 1 heterocycles. The van der Waals surface area contributed by atoms with Crippen molar-refractivity contribution in [2.24, 2.45) is 0 Å². The van der Waals surface area contributed by atoms with Crippen LogP contribution in [0.2, 0.25) is 0 Å². The molecule has 2 heteroatoms. The van der Waals surface area contributed by atoms with E-state index < -0.39 is 0 Å². The van der Waals surface area contributed by atoms with Crippen LogP contribution in [0.1, 0.15) is 61.1 Å². The molecule has 308 valence electrons. The first-order chi connectivity index (χ1) is 31.1. The molecule has 0 saturated carbocycles. The number of nitrogens with zero attached hydrogens (tertiary/aromatic N) is 2. The maximum atomic E-state index is 2.47. The number of fused-ring (bicyclic) bond motifs is 9. The number of hydrogen-bond donors (Lipinski definition) is 0. The Morgan fingerprint density at radius 2 is 0.859 bits per heavy atom. The third-order valence-corrected chi connectivity index (χ3v) is 14.5. The molecule has 0 unspecified atom stereocenters. The van der Waals surface area contributed by atoms with E-state index >= 15 is 0 Å². The molecule has 2 aliphatic rings. The predicted molar refractivity (Wildman–Crippen MR) is 271 cm³/mol. The molecule has 9 aromatic carbocycles. The molecular weight excluding hydrogens is 773 g/mol. The predicted octanol–water partition coefficient (Wildman–Crippen LogP) is 16.8. The van der Waals surface area contributed by atoms with Gasteiger partial charge in [0.25, 0.3) is 0 Å². The number of aryl methyl sites for hydroxylation is 2. The van der Waals surface area contributed by atoms with Crippen molar-refractivity contribution >= 4 is 38.9 Å². The van der Waals surface area contributed by atoms with E-state index in [0.29, 0.717) is 0 Å². The quantitative estimate of drug-likeness (QED) is 0.162. The molecular formula is C62H50N2. The third kappa shape index (κ3) is 5.72. The van der Waals surface area contributed by atoms with Crippen molar-refractivity contribution < 1.29 is 0 Å². The Balaban J connectivity index is 0.915. The summed E-state index contributed by atoms with van der Waals surface area (Å²) in [6, 6.07) is 72.7. The molecule has 12 rings (SSSR count). The summed E-state index contributed by atoms with van der Waals surface area (Å²) in [5.74, 6) is 0. The average Bonchev–Trinajstić information content (AvgIpc) is 3.86. The van der Waals surface area contributed by atoms with E-state index in [9.17, 15) is 0 Å². The van der Waals surface area contributed by atoms with E-state index in [1.165, 1.54) is 105 Å². The number of rotatable bonds is 6. The Labute approximate surface area is 376 Å². The zero-order chi connectivity index (χ0) is 43.5. The number of para-hydroxylation sites is 1. The zero-order valence-corrected chi connectivity index (χ0v) is 37.4. The van der Waals surface area contributed by atoms with Crippen LogP contribution in [0.3, 0.4) is 0 Å². The maximum absolute atomic E-state index is 2.47. The Kier molecular flexibility index (Phi) is 8.40. The molecule has 0 aliphatic heterocycles. The minimum atomic E-state index is -0.0748. The highest BCUT2D eigenvalue weighted by atomic mass is 15.1. The van der Waals surface area contributed by atoms with Crippen molar-refractivity contribution in [3.63, 3.8) is 0 Å². The lowest BCUT2D eigenvalue weighted by Gasteiger charge is -2.26.